The van der Waals surface area contributed by atoms with Gasteiger partial charge in [0.1, 0.15) is 11.6 Å². The van der Waals surface area contributed by atoms with Crippen LogP contribution >= 0.6 is 0 Å². The molecule has 0 radical (unpaired) electrons. The quantitative estimate of drug-likeness (QED) is 0.867. The molecule has 28 heavy (non-hydrogen) atoms. The predicted molar refractivity (Wildman–Crippen MR) is 104 cm³/mol. The zero-order valence-electron chi connectivity index (χ0n) is 16.0. The van der Waals surface area contributed by atoms with Crippen LogP contribution in [0.5, 0.6) is 0 Å². The molecule has 6 heteroatoms. The van der Waals surface area contributed by atoms with Crippen molar-refractivity contribution in [2.75, 3.05) is 31.6 Å². The molecule has 1 N–H and O–H groups in total. The van der Waals surface area contributed by atoms with Gasteiger partial charge >= 0.3 is 0 Å². The predicted octanol–water partition coefficient (Wildman–Crippen LogP) is 3.36. The van der Waals surface area contributed by atoms with Crippen LogP contribution in [0.25, 0.3) is 0 Å². The van der Waals surface area contributed by atoms with E-state index in [1.165, 1.54) is 12.1 Å². The van der Waals surface area contributed by atoms with Gasteiger partial charge in [-0.05, 0) is 49.1 Å². The van der Waals surface area contributed by atoms with Crippen molar-refractivity contribution in [3.05, 3.63) is 59.0 Å². The third kappa shape index (κ3) is 2.87. The highest BCUT2D eigenvalue weighted by molar-refractivity contribution is 5.95. The molecule has 1 aromatic heterocycles. The number of fused-ring (bicyclic) bond motifs is 1. The molecule has 2 saturated heterocycles. The van der Waals surface area contributed by atoms with Crippen LogP contribution in [0.15, 0.2) is 36.5 Å². The standard InChI is InChI=1S/C22H24FN3O2/c1-21(17-2-4-18(23)5-3-17)11-15-10-16(12-24-19(15)25-21)20(27)26-13-22(14-26)6-8-28-9-7-22/h2-5,10,12H,6-9,11,13-14H2,1H3,(H,24,25)/t21-/m0/s1. The van der Waals surface area contributed by atoms with E-state index < -0.39 is 0 Å². The van der Waals surface area contributed by atoms with E-state index in [9.17, 15) is 9.18 Å². The summed E-state index contributed by atoms with van der Waals surface area (Å²) < 4.78 is 18.7. The number of rotatable bonds is 2. The number of aromatic nitrogens is 1. The Hall–Kier alpha value is -2.47. The third-order valence-electron chi connectivity index (χ3n) is 6.53. The second-order valence-corrected chi connectivity index (χ2v) is 8.65. The summed E-state index contributed by atoms with van der Waals surface area (Å²) in [7, 11) is 0. The van der Waals surface area contributed by atoms with Crippen molar-refractivity contribution in [1.29, 1.82) is 0 Å². The number of hydrogen-bond acceptors (Lipinski definition) is 4. The number of benzene rings is 1. The molecule has 2 aromatic rings. The van der Waals surface area contributed by atoms with Crippen LogP contribution in [-0.4, -0.2) is 42.1 Å². The van der Waals surface area contributed by atoms with Crippen LogP contribution in [0.1, 0.15) is 41.3 Å². The SMILES string of the molecule is C[C@@]1(c2ccc(F)cc2)Cc2cc(C(=O)N3CC4(CCOCC4)C3)cnc2N1. The van der Waals surface area contributed by atoms with Gasteiger partial charge in [0, 0.05) is 44.3 Å². The molecule has 0 saturated carbocycles. The van der Waals surface area contributed by atoms with E-state index in [4.69, 9.17) is 4.74 Å². The Kier molecular flexibility index (Phi) is 3.95. The fourth-order valence-corrected chi connectivity index (χ4v) is 4.76. The summed E-state index contributed by atoms with van der Waals surface area (Å²) in [5.74, 6) is 0.612. The topological polar surface area (TPSA) is 54.5 Å². The van der Waals surface area contributed by atoms with E-state index in [1.54, 1.807) is 18.3 Å². The molecule has 1 atom stereocenters. The van der Waals surface area contributed by atoms with E-state index in [0.29, 0.717) is 12.0 Å². The summed E-state index contributed by atoms with van der Waals surface area (Å²) in [4.78, 5) is 19.4. The van der Waals surface area contributed by atoms with Crippen molar-refractivity contribution in [1.82, 2.24) is 9.88 Å². The van der Waals surface area contributed by atoms with Crippen LogP contribution in [0.4, 0.5) is 10.2 Å². The van der Waals surface area contributed by atoms with E-state index in [-0.39, 0.29) is 22.7 Å². The molecule has 4 heterocycles. The minimum atomic E-state index is -0.354. The average Bonchev–Trinajstić information content (AvgIpc) is 3.03. The summed E-state index contributed by atoms with van der Waals surface area (Å²) in [5, 5.41) is 3.44. The smallest absolute Gasteiger partial charge is 0.255 e. The van der Waals surface area contributed by atoms with Gasteiger partial charge in [0.2, 0.25) is 0 Å². The summed E-state index contributed by atoms with van der Waals surface area (Å²) in [5.41, 5.74) is 2.59. The largest absolute Gasteiger partial charge is 0.381 e. The van der Waals surface area contributed by atoms with Gasteiger partial charge in [-0.3, -0.25) is 4.79 Å². The van der Waals surface area contributed by atoms with Gasteiger partial charge in [0.15, 0.2) is 0 Å². The number of nitrogens with zero attached hydrogens (tertiary/aromatic N) is 2. The molecule has 2 fully saturated rings. The van der Waals surface area contributed by atoms with Gasteiger partial charge in [0.05, 0.1) is 11.1 Å². The molecule has 3 aliphatic rings. The van der Waals surface area contributed by atoms with Crippen LogP contribution in [-0.2, 0) is 16.7 Å². The first-order chi connectivity index (χ1) is 13.5. The number of anilines is 1. The molecule has 0 bridgehead atoms. The maximum absolute atomic E-state index is 13.3. The average molecular weight is 381 g/mol. The Morgan fingerprint density at radius 3 is 2.64 bits per heavy atom. The number of hydrogen-bond donors (Lipinski definition) is 1. The zero-order valence-corrected chi connectivity index (χ0v) is 16.0. The lowest BCUT2D eigenvalue weighted by atomic mass is 9.73. The number of ether oxygens (including phenoxy) is 1. The molecule has 5 rings (SSSR count). The second-order valence-electron chi connectivity index (χ2n) is 8.65. The number of pyridine rings is 1. The number of likely N-dealkylation sites (tertiary alicyclic amines) is 1. The van der Waals surface area contributed by atoms with Crippen LogP contribution in [0.2, 0.25) is 0 Å². The highest BCUT2D eigenvalue weighted by Gasteiger charge is 2.46. The third-order valence-corrected chi connectivity index (χ3v) is 6.53. The highest BCUT2D eigenvalue weighted by atomic mass is 19.1. The fraction of sp³-hybridized carbons (Fsp3) is 0.455. The molecule has 0 unspecified atom stereocenters. The van der Waals surface area contributed by atoms with Crippen molar-refractivity contribution in [3.8, 4) is 0 Å². The highest BCUT2D eigenvalue weighted by Crippen LogP contribution is 2.41. The number of amides is 1. The van der Waals surface area contributed by atoms with Gasteiger partial charge in [-0.15, -0.1) is 0 Å². The first kappa shape index (κ1) is 17.6. The normalized spacial score (nSPS) is 25.1. The Morgan fingerprint density at radius 2 is 1.93 bits per heavy atom. The van der Waals surface area contributed by atoms with E-state index in [2.05, 4.69) is 17.2 Å². The maximum atomic E-state index is 13.3. The minimum Gasteiger partial charge on any atom is -0.381 e. The summed E-state index contributed by atoms with van der Waals surface area (Å²) >= 11 is 0. The van der Waals surface area contributed by atoms with Crippen LogP contribution in [0.3, 0.4) is 0 Å². The number of carbonyl (C=O) groups excluding carboxylic acids is 1. The van der Waals surface area contributed by atoms with Crippen molar-refractivity contribution < 1.29 is 13.9 Å². The van der Waals surface area contributed by atoms with Crippen LogP contribution in [0, 0.1) is 11.2 Å². The van der Waals surface area contributed by atoms with Gasteiger partial charge in [-0.1, -0.05) is 12.1 Å². The zero-order chi connectivity index (χ0) is 19.4. The summed E-state index contributed by atoms with van der Waals surface area (Å²) in [6.45, 7) is 5.32. The monoisotopic (exact) mass is 381 g/mol. The molecular formula is C22H24FN3O2. The molecule has 3 aliphatic heterocycles. The molecular weight excluding hydrogens is 357 g/mol. The summed E-state index contributed by atoms with van der Waals surface area (Å²) in [6, 6.07) is 8.51. The first-order valence-corrected chi connectivity index (χ1v) is 9.87. The molecule has 146 valence electrons. The molecule has 1 aromatic carbocycles. The lowest BCUT2D eigenvalue weighted by molar-refractivity contribution is -0.0666. The van der Waals surface area contributed by atoms with E-state index in [1.807, 2.05) is 11.0 Å². The lowest BCUT2D eigenvalue weighted by Crippen LogP contribution is -2.60. The Morgan fingerprint density at radius 1 is 1.21 bits per heavy atom. The molecule has 1 amide bonds. The first-order valence-electron chi connectivity index (χ1n) is 9.87. The number of carbonyl (C=O) groups is 1. The van der Waals surface area contributed by atoms with Gasteiger partial charge in [0.25, 0.3) is 5.91 Å². The Balaban J connectivity index is 1.31. The van der Waals surface area contributed by atoms with Gasteiger partial charge < -0.3 is 15.0 Å². The molecule has 1 spiro atoms. The van der Waals surface area contributed by atoms with E-state index >= 15 is 0 Å². The number of nitrogens with one attached hydrogen (secondary N) is 1. The summed E-state index contributed by atoms with van der Waals surface area (Å²) in [6.07, 6.45) is 4.46. The maximum Gasteiger partial charge on any atom is 0.255 e. The lowest BCUT2D eigenvalue weighted by Gasteiger charge is -2.52. The van der Waals surface area contributed by atoms with E-state index in [0.717, 1.165) is 56.1 Å². The van der Waals surface area contributed by atoms with Crippen molar-refractivity contribution in [2.45, 2.75) is 31.7 Å². The van der Waals surface area contributed by atoms with Crippen LogP contribution < -0.4 is 5.32 Å². The van der Waals surface area contributed by atoms with Gasteiger partial charge in [-0.25, -0.2) is 9.37 Å². The molecule has 0 aliphatic carbocycles. The Bertz CT molecular complexity index is 916. The molecule has 5 nitrogen and oxygen atoms in total. The fourth-order valence-electron chi connectivity index (χ4n) is 4.76. The van der Waals surface area contributed by atoms with Crippen molar-refractivity contribution >= 4 is 11.7 Å². The van der Waals surface area contributed by atoms with Crippen molar-refractivity contribution in [3.63, 3.8) is 0 Å². The number of halogens is 1. The Labute approximate surface area is 163 Å². The second kappa shape index (κ2) is 6.27. The van der Waals surface area contributed by atoms with Gasteiger partial charge in [-0.2, -0.15) is 0 Å². The van der Waals surface area contributed by atoms with Crippen molar-refractivity contribution in [2.24, 2.45) is 5.41 Å². The minimum absolute atomic E-state index is 0.0582.